The Morgan fingerprint density at radius 2 is 2.07 bits per heavy atom. The van der Waals surface area contributed by atoms with Crippen molar-refractivity contribution < 1.29 is 9.53 Å². The number of carbonyl (C=O) groups excluding carboxylic acids is 1. The molecule has 2 heterocycles. The second kappa shape index (κ2) is 7.98. The van der Waals surface area contributed by atoms with Crippen LogP contribution in [0.2, 0.25) is 0 Å². The quantitative estimate of drug-likeness (QED) is 0.818. The van der Waals surface area contributed by atoms with Gasteiger partial charge >= 0.3 is 5.97 Å². The Labute approximate surface area is 161 Å². The summed E-state index contributed by atoms with van der Waals surface area (Å²) in [6.45, 7) is 14.0. The van der Waals surface area contributed by atoms with Gasteiger partial charge in [-0.15, -0.1) is 0 Å². The first-order valence-electron chi connectivity index (χ1n) is 9.86. The summed E-state index contributed by atoms with van der Waals surface area (Å²) in [5.74, 6) is 1.37. The van der Waals surface area contributed by atoms with Crippen LogP contribution in [-0.4, -0.2) is 51.7 Å². The molecule has 0 saturated carbocycles. The maximum absolute atomic E-state index is 12.7. The number of rotatable bonds is 5. The van der Waals surface area contributed by atoms with Crippen molar-refractivity contribution >= 4 is 17.0 Å². The maximum atomic E-state index is 12.7. The van der Waals surface area contributed by atoms with E-state index in [0.717, 1.165) is 36.5 Å². The first-order chi connectivity index (χ1) is 12.7. The van der Waals surface area contributed by atoms with Crippen molar-refractivity contribution in [3.63, 3.8) is 0 Å². The molecule has 0 bridgehead atoms. The highest BCUT2D eigenvalue weighted by molar-refractivity contribution is 5.77. The molecule has 1 saturated heterocycles. The largest absolute Gasteiger partial charge is 0.459 e. The second-order valence-corrected chi connectivity index (χ2v) is 8.75. The molecule has 1 aliphatic rings. The summed E-state index contributed by atoms with van der Waals surface area (Å²) in [5.41, 5.74) is 1.69. The van der Waals surface area contributed by atoms with E-state index in [1.165, 1.54) is 0 Å². The highest BCUT2D eigenvalue weighted by atomic mass is 16.6. The fourth-order valence-electron chi connectivity index (χ4n) is 3.53. The van der Waals surface area contributed by atoms with Crippen molar-refractivity contribution in [2.75, 3.05) is 19.6 Å². The van der Waals surface area contributed by atoms with Crippen molar-refractivity contribution in [1.29, 1.82) is 0 Å². The third-order valence-corrected chi connectivity index (χ3v) is 4.66. The van der Waals surface area contributed by atoms with Gasteiger partial charge in [-0.3, -0.25) is 9.69 Å². The molecule has 1 fully saturated rings. The topological polar surface area (TPSA) is 59.4 Å². The van der Waals surface area contributed by atoms with Crippen molar-refractivity contribution in [1.82, 2.24) is 19.8 Å². The maximum Gasteiger partial charge on any atom is 0.325 e. The van der Waals surface area contributed by atoms with Crippen molar-refractivity contribution in [2.45, 2.75) is 59.4 Å². The number of nitrogens with zero attached hydrogens (tertiary/aromatic N) is 3. The highest BCUT2D eigenvalue weighted by Crippen LogP contribution is 2.21. The number of aromatic nitrogens is 2. The summed E-state index contributed by atoms with van der Waals surface area (Å²) in [7, 11) is 0. The minimum Gasteiger partial charge on any atom is -0.459 e. The van der Waals surface area contributed by atoms with Gasteiger partial charge in [0.2, 0.25) is 0 Å². The van der Waals surface area contributed by atoms with Crippen LogP contribution in [0, 0.1) is 5.92 Å². The molecule has 1 aromatic carbocycles. The lowest BCUT2D eigenvalue weighted by Gasteiger charge is -2.36. The number of hydrogen-bond donors (Lipinski definition) is 1. The molecule has 2 aromatic rings. The Morgan fingerprint density at radius 3 is 2.78 bits per heavy atom. The van der Waals surface area contributed by atoms with Gasteiger partial charge in [0.05, 0.1) is 17.6 Å². The van der Waals surface area contributed by atoms with Crippen LogP contribution >= 0.6 is 0 Å². The van der Waals surface area contributed by atoms with E-state index in [1.54, 1.807) is 0 Å². The first kappa shape index (κ1) is 19.8. The summed E-state index contributed by atoms with van der Waals surface area (Å²) in [5, 5.41) is 3.32. The number of carbonyl (C=O) groups is 1. The molecule has 1 N–H and O–H groups in total. The van der Waals surface area contributed by atoms with Crippen LogP contribution in [0.1, 0.15) is 40.4 Å². The van der Waals surface area contributed by atoms with Crippen LogP contribution in [0.15, 0.2) is 24.3 Å². The molecule has 0 radical (unpaired) electrons. The molecule has 27 heavy (non-hydrogen) atoms. The third-order valence-electron chi connectivity index (χ3n) is 4.66. The van der Waals surface area contributed by atoms with E-state index in [2.05, 4.69) is 46.8 Å². The average Bonchev–Trinajstić information content (AvgIpc) is 2.91. The smallest absolute Gasteiger partial charge is 0.325 e. The van der Waals surface area contributed by atoms with Gasteiger partial charge in [0.15, 0.2) is 0 Å². The molecule has 6 heteroatoms. The van der Waals surface area contributed by atoms with Gasteiger partial charge < -0.3 is 14.6 Å². The van der Waals surface area contributed by atoms with E-state index in [4.69, 9.17) is 9.72 Å². The number of hydrogen-bond acceptors (Lipinski definition) is 5. The molecule has 1 atom stereocenters. The standard InChI is InChI=1S/C21H32N4O2/c1-15(2)13-25-17-9-7-6-8-16(17)23-19(25)14-24-11-10-22-12-18(24)20(26)27-21(3,4)5/h6-9,15,18,22H,10-14H2,1-5H3. The van der Waals surface area contributed by atoms with Crippen molar-refractivity contribution in [2.24, 2.45) is 5.92 Å². The average molecular weight is 373 g/mol. The van der Waals surface area contributed by atoms with Gasteiger partial charge in [-0.1, -0.05) is 26.0 Å². The zero-order valence-electron chi connectivity index (χ0n) is 17.2. The van der Waals surface area contributed by atoms with Crippen molar-refractivity contribution in [3.8, 4) is 0 Å². The van der Waals surface area contributed by atoms with Gasteiger partial charge in [-0.25, -0.2) is 4.98 Å². The van der Waals surface area contributed by atoms with Gasteiger partial charge in [0.1, 0.15) is 17.5 Å². The lowest BCUT2D eigenvalue weighted by atomic mass is 10.1. The fraction of sp³-hybridized carbons (Fsp3) is 0.619. The van der Waals surface area contributed by atoms with E-state index in [1.807, 2.05) is 26.8 Å². The van der Waals surface area contributed by atoms with E-state index in [-0.39, 0.29) is 12.0 Å². The third kappa shape index (κ3) is 4.87. The van der Waals surface area contributed by atoms with E-state index >= 15 is 0 Å². The minimum absolute atomic E-state index is 0.166. The molecule has 1 aromatic heterocycles. The second-order valence-electron chi connectivity index (χ2n) is 8.75. The Balaban J connectivity index is 1.86. The SMILES string of the molecule is CC(C)Cn1c(CN2CCNCC2C(=O)OC(C)(C)C)nc2ccccc21. The number of fused-ring (bicyclic) bond motifs is 1. The van der Waals surface area contributed by atoms with Crippen LogP contribution < -0.4 is 5.32 Å². The zero-order valence-corrected chi connectivity index (χ0v) is 17.2. The molecule has 6 nitrogen and oxygen atoms in total. The molecule has 148 valence electrons. The zero-order chi connectivity index (χ0) is 19.6. The molecule has 1 aliphatic heterocycles. The first-order valence-corrected chi connectivity index (χ1v) is 9.86. The summed E-state index contributed by atoms with van der Waals surface area (Å²) in [6, 6.07) is 7.97. The van der Waals surface area contributed by atoms with Crippen LogP contribution in [0.25, 0.3) is 11.0 Å². The Kier molecular flexibility index (Phi) is 5.86. The monoisotopic (exact) mass is 372 g/mol. The molecular weight excluding hydrogens is 340 g/mol. The number of ether oxygens (including phenoxy) is 1. The fourth-order valence-corrected chi connectivity index (χ4v) is 3.53. The van der Waals surface area contributed by atoms with Gasteiger partial charge in [-0.2, -0.15) is 0 Å². The number of imidazole rings is 1. The summed E-state index contributed by atoms with van der Waals surface area (Å²) < 4.78 is 7.95. The van der Waals surface area contributed by atoms with Gasteiger partial charge in [0, 0.05) is 26.2 Å². The molecule has 1 unspecified atom stereocenters. The molecule has 0 aliphatic carbocycles. The number of nitrogens with one attached hydrogen (secondary N) is 1. The number of piperazine rings is 1. The summed E-state index contributed by atoms with van der Waals surface area (Å²) in [6.07, 6.45) is 0. The van der Waals surface area contributed by atoms with Gasteiger partial charge in [0.25, 0.3) is 0 Å². The van der Waals surface area contributed by atoms with E-state index < -0.39 is 5.60 Å². The van der Waals surface area contributed by atoms with Crippen LogP contribution in [0.4, 0.5) is 0 Å². The van der Waals surface area contributed by atoms with E-state index in [9.17, 15) is 4.79 Å². The van der Waals surface area contributed by atoms with Crippen LogP contribution in [0.3, 0.4) is 0 Å². The molecular formula is C21H32N4O2. The number of esters is 1. The van der Waals surface area contributed by atoms with E-state index in [0.29, 0.717) is 19.0 Å². The summed E-state index contributed by atoms with van der Waals surface area (Å²) in [4.78, 5) is 19.8. The lowest BCUT2D eigenvalue weighted by Crippen LogP contribution is -2.56. The Bertz CT molecular complexity index is 791. The molecule has 0 amide bonds. The minimum atomic E-state index is -0.481. The van der Waals surface area contributed by atoms with Crippen LogP contribution in [0.5, 0.6) is 0 Å². The Morgan fingerprint density at radius 1 is 1.33 bits per heavy atom. The predicted molar refractivity (Wildman–Crippen MR) is 107 cm³/mol. The lowest BCUT2D eigenvalue weighted by molar-refractivity contribution is -0.162. The predicted octanol–water partition coefficient (Wildman–Crippen LogP) is 2.81. The highest BCUT2D eigenvalue weighted by Gasteiger charge is 2.33. The number of benzene rings is 1. The van der Waals surface area contributed by atoms with Crippen LogP contribution in [-0.2, 0) is 22.6 Å². The van der Waals surface area contributed by atoms with Crippen molar-refractivity contribution in [3.05, 3.63) is 30.1 Å². The Hall–Kier alpha value is -1.92. The summed E-state index contributed by atoms with van der Waals surface area (Å²) >= 11 is 0. The molecule has 0 spiro atoms. The number of para-hydroxylation sites is 2. The normalized spacial score (nSPS) is 19.0. The van der Waals surface area contributed by atoms with Gasteiger partial charge in [-0.05, 0) is 38.8 Å². The molecule has 3 rings (SSSR count).